The highest BCUT2D eigenvalue weighted by atomic mass is 16.5. The van der Waals surface area contributed by atoms with Crippen LogP contribution in [0.4, 0.5) is 0 Å². The van der Waals surface area contributed by atoms with Crippen LogP contribution < -0.4 is 4.74 Å². The summed E-state index contributed by atoms with van der Waals surface area (Å²) in [6.07, 6.45) is 9.37. The summed E-state index contributed by atoms with van der Waals surface area (Å²) < 4.78 is 7.21. The Bertz CT molecular complexity index is 1110. The second-order valence-electron chi connectivity index (χ2n) is 6.05. The summed E-state index contributed by atoms with van der Waals surface area (Å²) in [5.41, 5.74) is 3.58. The fourth-order valence-corrected chi connectivity index (χ4v) is 2.82. The van der Waals surface area contributed by atoms with E-state index in [2.05, 4.69) is 9.97 Å². The Morgan fingerprint density at radius 1 is 1.04 bits per heavy atom. The fraction of sp³-hybridized carbons (Fsp3) is 0.0455. The monoisotopic (exact) mass is 355 g/mol. The highest BCUT2D eigenvalue weighted by Gasteiger charge is 2.06. The number of benzene rings is 2. The van der Waals surface area contributed by atoms with Crippen LogP contribution in [0.5, 0.6) is 5.75 Å². The van der Waals surface area contributed by atoms with Crippen LogP contribution in [0.1, 0.15) is 18.2 Å². The van der Waals surface area contributed by atoms with E-state index >= 15 is 0 Å². The Labute approximate surface area is 156 Å². The second kappa shape index (κ2) is 7.25. The number of hydrogen-bond donors (Lipinski definition) is 0. The summed E-state index contributed by atoms with van der Waals surface area (Å²) in [6.45, 7) is 1.38. The Hall–Kier alpha value is -3.73. The molecule has 0 amide bonds. The zero-order chi connectivity index (χ0) is 18.6. The summed E-state index contributed by atoms with van der Waals surface area (Å²) in [5.74, 6) is 0.114. The minimum Gasteiger partial charge on any atom is -0.424 e. The van der Waals surface area contributed by atoms with Crippen LogP contribution in [-0.4, -0.2) is 20.5 Å². The Morgan fingerprint density at radius 2 is 1.89 bits per heavy atom. The number of hydrogen-bond acceptors (Lipinski definition) is 4. The lowest BCUT2D eigenvalue weighted by Crippen LogP contribution is -2.02. The normalized spacial score (nSPS) is 11.1. The van der Waals surface area contributed by atoms with Gasteiger partial charge in [-0.2, -0.15) is 0 Å². The number of esters is 1. The lowest BCUT2D eigenvalue weighted by atomic mass is 10.1. The number of fused-ring (bicyclic) bond motifs is 1. The van der Waals surface area contributed by atoms with Gasteiger partial charge in [-0.3, -0.25) is 4.79 Å². The van der Waals surface area contributed by atoms with Gasteiger partial charge in [-0.1, -0.05) is 36.4 Å². The summed E-state index contributed by atoms with van der Waals surface area (Å²) in [5, 5.41) is 0.926. The molecule has 0 fully saturated rings. The van der Waals surface area contributed by atoms with E-state index in [-0.39, 0.29) is 5.97 Å². The van der Waals surface area contributed by atoms with Crippen molar-refractivity contribution in [3.63, 3.8) is 0 Å². The topological polar surface area (TPSA) is 57.0 Å². The van der Waals surface area contributed by atoms with Gasteiger partial charge < -0.3 is 9.30 Å². The molecule has 2 aromatic carbocycles. The van der Waals surface area contributed by atoms with Crippen molar-refractivity contribution in [1.82, 2.24) is 14.5 Å². The van der Waals surface area contributed by atoms with Crippen LogP contribution in [0.15, 0.2) is 73.3 Å². The number of aromatic nitrogens is 3. The van der Waals surface area contributed by atoms with Gasteiger partial charge in [0.25, 0.3) is 0 Å². The van der Waals surface area contributed by atoms with Crippen LogP contribution in [0, 0.1) is 0 Å². The van der Waals surface area contributed by atoms with E-state index in [1.807, 2.05) is 71.4 Å². The quantitative estimate of drug-likeness (QED) is 0.399. The molecule has 132 valence electrons. The summed E-state index contributed by atoms with van der Waals surface area (Å²) in [7, 11) is 0. The molecule has 4 rings (SSSR count). The fourth-order valence-electron chi connectivity index (χ4n) is 2.82. The highest BCUT2D eigenvalue weighted by molar-refractivity contribution is 5.88. The van der Waals surface area contributed by atoms with Crippen molar-refractivity contribution in [1.29, 1.82) is 0 Å². The van der Waals surface area contributed by atoms with Crippen molar-refractivity contribution in [3.05, 3.63) is 84.6 Å². The van der Waals surface area contributed by atoms with Gasteiger partial charge in [0.05, 0.1) is 12.0 Å². The van der Waals surface area contributed by atoms with E-state index in [4.69, 9.17) is 4.74 Å². The minimum absolute atomic E-state index is 0.358. The summed E-state index contributed by atoms with van der Waals surface area (Å²) in [6, 6.07) is 17.6. The third-order valence-corrected chi connectivity index (χ3v) is 4.10. The first kappa shape index (κ1) is 16.7. The number of imidazole rings is 1. The molecule has 0 aliphatic carbocycles. The first-order valence-corrected chi connectivity index (χ1v) is 8.54. The van der Waals surface area contributed by atoms with Crippen LogP contribution >= 0.6 is 0 Å². The van der Waals surface area contributed by atoms with Gasteiger partial charge in [0.1, 0.15) is 5.52 Å². The highest BCUT2D eigenvalue weighted by Crippen LogP contribution is 2.24. The third kappa shape index (κ3) is 3.77. The van der Waals surface area contributed by atoms with Crippen molar-refractivity contribution in [2.45, 2.75) is 6.92 Å². The number of carbonyl (C=O) groups is 1. The Kier molecular flexibility index (Phi) is 4.49. The van der Waals surface area contributed by atoms with Crippen molar-refractivity contribution >= 4 is 29.0 Å². The molecule has 0 N–H and O–H groups in total. The predicted octanol–water partition coefficient (Wildman–Crippen LogP) is 4.52. The molecule has 5 heteroatoms. The average molecular weight is 355 g/mol. The number of carbonyl (C=O) groups excluding carboxylic acids is 1. The molecule has 5 nitrogen and oxygen atoms in total. The van der Waals surface area contributed by atoms with E-state index in [0.717, 1.165) is 22.3 Å². The zero-order valence-corrected chi connectivity index (χ0v) is 14.7. The molecule has 2 heterocycles. The van der Waals surface area contributed by atoms with Crippen LogP contribution in [0.2, 0.25) is 0 Å². The number of ether oxygens (including phenoxy) is 1. The second-order valence-corrected chi connectivity index (χ2v) is 6.05. The molecule has 0 aliphatic heterocycles. The number of pyridine rings is 1. The predicted molar refractivity (Wildman–Crippen MR) is 106 cm³/mol. The summed E-state index contributed by atoms with van der Waals surface area (Å²) >= 11 is 0. The number of para-hydroxylation sites is 1. The maximum absolute atomic E-state index is 11.3. The molecule has 2 aromatic heterocycles. The van der Waals surface area contributed by atoms with Gasteiger partial charge in [-0.25, -0.2) is 9.97 Å². The molecular weight excluding hydrogens is 338 g/mol. The van der Waals surface area contributed by atoms with Gasteiger partial charge in [0.2, 0.25) is 0 Å². The SMILES string of the molecule is CC(=O)Oc1cccc2ccc(/C=C/c3ccc(-n4ccnc4)cc3)nc12. The first-order chi connectivity index (χ1) is 13.2. The molecule has 0 saturated heterocycles. The van der Waals surface area contributed by atoms with E-state index in [1.54, 1.807) is 18.6 Å². The lowest BCUT2D eigenvalue weighted by Gasteiger charge is -2.06. The van der Waals surface area contributed by atoms with E-state index < -0.39 is 0 Å². The maximum atomic E-state index is 11.3. The Balaban J connectivity index is 1.60. The van der Waals surface area contributed by atoms with Crippen LogP contribution in [0.3, 0.4) is 0 Å². The minimum atomic E-state index is -0.358. The molecule has 0 unspecified atom stereocenters. The van der Waals surface area contributed by atoms with Crippen molar-refractivity contribution < 1.29 is 9.53 Å². The molecular formula is C22H17N3O2. The molecule has 0 bridgehead atoms. The van der Waals surface area contributed by atoms with Gasteiger partial charge in [-0.05, 0) is 35.9 Å². The molecule has 0 aliphatic rings. The maximum Gasteiger partial charge on any atom is 0.308 e. The first-order valence-electron chi connectivity index (χ1n) is 8.54. The van der Waals surface area contributed by atoms with Gasteiger partial charge >= 0.3 is 5.97 Å². The lowest BCUT2D eigenvalue weighted by molar-refractivity contribution is -0.131. The molecule has 0 radical (unpaired) electrons. The summed E-state index contributed by atoms with van der Waals surface area (Å²) in [4.78, 5) is 20.0. The van der Waals surface area contributed by atoms with Crippen LogP contribution in [-0.2, 0) is 4.79 Å². The largest absolute Gasteiger partial charge is 0.424 e. The molecule has 27 heavy (non-hydrogen) atoms. The van der Waals surface area contributed by atoms with Crippen molar-refractivity contribution in [3.8, 4) is 11.4 Å². The van der Waals surface area contributed by atoms with Crippen LogP contribution in [0.25, 0.3) is 28.7 Å². The van der Waals surface area contributed by atoms with Gasteiger partial charge in [-0.15, -0.1) is 0 Å². The standard InChI is InChI=1S/C22H17N3O2/c1-16(26)27-21-4-2-3-18-8-10-19(24-22(18)21)9-5-17-6-11-20(12-7-17)25-14-13-23-15-25/h2-15H,1H3/b9-5+. The molecule has 0 spiro atoms. The smallest absolute Gasteiger partial charge is 0.308 e. The molecule has 0 saturated carbocycles. The van der Waals surface area contributed by atoms with E-state index in [9.17, 15) is 4.79 Å². The number of nitrogens with zero attached hydrogens (tertiary/aromatic N) is 3. The molecule has 0 atom stereocenters. The van der Waals surface area contributed by atoms with Gasteiger partial charge in [0.15, 0.2) is 5.75 Å². The van der Waals surface area contributed by atoms with E-state index in [0.29, 0.717) is 11.3 Å². The molecule has 4 aromatic rings. The Morgan fingerprint density at radius 3 is 2.63 bits per heavy atom. The van der Waals surface area contributed by atoms with E-state index in [1.165, 1.54) is 6.92 Å². The third-order valence-electron chi connectivity index (χ3n) is 4.10. The average Bonchev–Trinajstić information content (AvgIpc) is 3.21. The number of rotatable bonds is 4. The zero-order valence-electron chi connectivity index (χ0n) is 14.7. The van der Waals surface area contributed by atoms with Crippen molar-refractivity contribution in [2.24, 2.45) is 0 Å². The van der Waals surface area contributed by atoms with Gasteiger partial charge in [0, 0.05) is 30.4 Å². The van der Waals surface area contributed by atoms with Crippen molar-refractivity contribution in [2.75, 3.05) is 0 Å².